The number of hydrogen-bond acceptors (Lipinski definition) is 4. The Morgan fingerprint density at radius 2 is 1.54 bits per heavy atom. The molecule has 2 aromatic rings. The second kappa shape index (κ2) is 9.56. The smallest absolute Gasteiger partial charge is 0.198 e. The van der Waals surface area contributed by atoms with Gasteiger partial charge in [-0.05, 0) is 24.5 Å². The highest BCUT2D eigenvalue weighted by Crippen LogP contribution is 2.28. The molecule has 0 atom stereocenters. The number of furan rings is 1. The number of nitrogen functional groups attached to an aromatic ring is 1. The van der Waals surface area contributed by atoms with Crippen LogP contribution in [0.4, 0.5) is 5.69 Å². The Kier molecular flexibility index (Phi) is 9.61. The fraction of sp³-hybridized carbons (Fsp3) is 0.545. The number of ketones is 2. The van der Waals surface area contributed by atoms with Gasteiger partial charge in [-0.15, -0.1) is 0 Å². The lowest BCUT2D eigenvalue weighted by Crippen LogP contribution is -2.15. The molecule has 0 spiro atoms. The molecule has 0 unspecified atom stereocenters. The first-order valence-corrected chi connectivity index (χ1v) is 8.13. The van der Waals surface area contributed by atoms with E-state index >= 15 is 0 Å². The van der Waals surface area contributed by atoms with Gasteiger partial charge in [0.2, 0.25) is 0 Å². The molecule has 1 aromatic carbocycles. The number of anilines is 1. The molecule has 0 aliphatic rings. The topological polar surface area (TPSA) is 73.3 Å². The Balaban J connectivity index is 0. The zero-order valence-electron chi connectivity index (χ0n) is 15.8. The van der Waals surface area contributed by atoms with Gasteiger partial charge in [0.1, 0.15) is 5.78 Å². The summed E-state index contributed by atoms with van der Waals surface area (Å²) >= 11 is 0. The van der Waals surface area contributed by atoms with Gasteiger partial charge >= 0.3 is 0 Å². The first-order valence-electron chi connectivity index (χ1n) is 8.13. The molecule has 4 nitrogen and oxygen atoms in total. The molecule has 4 heteroatoms. The van der Waals surface area contributed by atoms with E-state index in [9.17, 15) is 9.59 Å². The second-order valence-corrected chi connectivity index (χ2v) is 8.34. The van der Waals surface area contributed by atoms with E-state index in [1.807, 2.05) is 53.7 Å². The van der Waals surface area contributed by atoms with E-state index in [-0.39, 0.29) is 37.2 Å². The van der Waals surface area contributed by atoms with Gasteiger partial charge < -0.3 is 10.2 Å². The van der Waals surface area contributed by atoms with Gasteiger partial charge in [-0.1, -0.05) is 68.5 Å². The van der Waals surface area contributed by atoms with Crippen molar-refractivity contribution in [2.75, 3.05) is 5.73 Å². The quantitative estimate of drug-likeness (QED) is 0.486. The number of carbonyl (C=O) groups excluding carboxylic acids is 2. The van der Waals surface area contributed by atoms with Gasteiger partial charge in [0.25, 0.3) is 0 Å². The lowest BCUT2D eigenvalue weighted by atomic mass is 9.89. The molecule has 148 valence electrons. The second-order valence-electron chi connectivity index (χ2n) is 8.34. The van der Waals surface area contributed by atoms with Crippen molar-refractivity contribution in [2.24, 2.45) is 10.8 Å². The number of benzene rings is 1. The van der Waals surface area contributed by atoms with E-state index in [0.29, 0.717) is 23.5 Å². The largest absolute Gasteiger partial charge is 0.451 e. The SMILES string of the molecule is C.C.CC(=O)C(C)(C)C.CC(C)(C)CC(=O)c1cc2cccc(N)c2o1. The lowest BCUT2D eigenvalue weighted by Gasteiger charge is -2.15. The Hall–Kier alpha value is -2.10. The average molecular weight is 364 g/mol. The Labute approximate surface area is 159 Å². The molecule has 0 saturated heterocycles. The van der Waals surface area contributed by atoms with Crippen LogP contribution in [-0.4, -0.2) is 11.6 Å². The number of rotatable bonds is 2. The summed E-state index contributed by atoms with van der Waals surface area (Å²) in [7, 11) is 0. The van der Waals surface area contributed by atoms with Crippen molar-refractivity contribution in [3.8, 4) is 0 Å². The standard InChI is InChI=1S/C14H17NO2.C6H12O.2CH4/c1-14(2,3)8-11(16)12-7-9-5-4-6-10(15)13(9)17-12;1-5(7)6(2,3)4;;/h4-7H,8,15H2,1-3H3;1-4H3;2*1H4. The van der Waals surface area contributed by atoms with E-state index in [0.717, 1.165) is 5.39 Å². The molecule has 0 radical (unpaired) electrons. The maximum Gasteiger partial charge on any atom is 0.198 e. The molecule has 0 aliphatic heterocycles. The predicted molar refractivity (Wildman–Crippen MR) is 113 cm³/mol. The third-order valence-corrected chi connectivity index (χ3v) is 3.60. The predicted octanol–water partition coefficient (Wildman–Crippen LogP) is 6.53. The molecule has 26 heavy (non-hydrogen) atoms. The van der Waals surface area contributed by atoms with Gasteiger partial charge in [0, 0.05) is 17.2 Å². The van der Waals surface area contributed by atoms with E-state index < -0.39 is 0 Å². The van der Waals surface area contributed by atoms with Crippen molar-refractivity contribution in [1.29, 1.82) is 0 Å². The summed E-state index contributed by atoms with van der Waals surface area (Å²) in [4.78, 5) is 22.5. The Bertz CT molecular complexity index is 728. The third-order valence-electron chi connectivity index (χ3n) is 3.60. The van der Waals surface area contributed by atoms with Gasteiger partial charge in [-0.2, -0.15) is 0 Å². The van der Waals surface area contributed by atoms with Crippen molar-refractivity contribution in [2.45, 2.75) is 69.7 Å². The van der Waals surface area contributed by atoms with Crippen molar-refractivity contribution in [3.63, 3.8) is 0 Å². The number of para-hydroxylation sites is 1. The first kappa shape index (κ1) is 26.1. The molecule has 0 saturated carbocycles. The van der Waals surface area contributed by atoms with E-state index in [1.165, 1.54) is 0 Å². The van der Waals surface area contributed by atoms with Crippen LogP contribution in [0.5, 0.6) is 0 Å². The van der Waals surface area contributed by atoms with Crippen LogP contribution in [0.15, 0.2) is 28.7 Å². The van der Waals surface area contributed by atoms with Crippen LogP contribution in [-0.2, 0) is 4.79 Å². The maximum atomic E-state index is 12.0. The van der Waals surface area contributed by atoms with Crippen molar-refractivity contribution >= 4 is 28.2 Å². The Morgan fingerprint density at radius 3 is 1.92 bits per heavy atom. The molecule has 0 bridgehead atoms. The fourth-order valence-electron chi connectivity index (χ4n) is 1.79. The third kappa shape index (κ3) is 7.85. The van der Waals surface area contributed by atoms with Crippen LogP contribution in [0.1, 0.15) is 80.3 Å². The highest BCUT2D eigenvalue weighted by molar-refractivity contribution is 5.99. The van der Waals surface area contributed by atoms with Gasteiger partial charge in [0.15, 0.2) is 17.1 Å². The normalized spacial score (nSPS) is 10.9. The molecular formula is C22H37NO3. The number of Topliss-reactive ketones (excluding diaryl/α,β-unsaturated/α-hetero) is 2. The van der Waals surface area contributed by atoms with Gasteiger partial charge in [-0.3, -0.25) is 9.59 Å². The minimum Gasteiger partial charge on any atom is -0.451 e. The molecule has 0 fully saturated rings. The van der Waals surface area contributed by atoms with Crippen LogP contribution in [0.3, 0.4) is 0 Å². The molecule has 1 aromatic heterocycles. The minimum atomic E-state index is -0.139. The van der Waals surface area contributed by atoms with Gasteiger partial charge in [-0.25, -0.2) is 0 Å². The van der Waals surface area contributed by atoms with Gasteiger partial charge in [0.05, 0.1) is 5.69 Å². The fourth-order valence-corrected chi connectivity index (χ4v) is 1.79. The highest BCUT2D eigenvalue weighted by atomic mass is 16.3. The van der Waals surface area contributed by atoms with Crippen molar-refractivity contribution in [3.05, 3.63) is 30.0 Å². The summed E-state index contributed by atoms with van der Waals surface area (Å²) in [6.45, 7) is 13.4. The molecule has 2 N–H and O–H groups in total. The molecule has 0 aliphatic carbocycles. The number of hydrogen-bond donors (Lipinski definition) is 1. The Morgan fingerprint density at radius 1 is 1.04 bits per heavy atom. The molecule has 1 heterocycles. The molecule has 0 amide bonds. The molecule has 2 rings (SSSR count). The molecular weight excluding hydrogens is 326 g/mol. The van der Waals surface area contributed by atoms with Crippen molar-refractivity contribution < 1.29 is 14.0 Å². The number of nitrogens with two attached hydrogens (primary N) is 1. The lowest BCUT2D eigenvalue weighted by molar-refractivity contribution is -0.124. The monoisotopic (exact) mass is 363 g/mol. The zero-order chi connectivity index (χ0) is 18.7. The van der Waals surface area contributed by atoms with Crippen molar-refractivity contribution in [1.82, 2.24) is 0 Å². The first-order chi connectivity index (χ1) is 10.8. The number of carbonyl (C=O) groups is 2. The van der Waals surface area contributed by atoms with Crippen LogP contribution in [0.2, 0.25) is 0 Å². The minimum absolute atomic E-state index is 0. The summed E-state index contributed by atoms with van der Waals surface area (Å²) in [6.07, 6.45) is 0.465. The number of fused-ring (bicyclic) bond motifs is 1. The summed E-state index contributed by atoms with van der Waals surface area (Å²) in [5.41, 5.74) is 6.78. The summed E-state index contributed by atoms with van der Waals surface area (Å²) in [6, 6.07) is 7.28. The highest BCUT2D eigenvalue weighted by Gasteiger charge is 2.20. The van der Waals surface area contributed by atoms with Crippen LogP contribution in [0.25, 0.3) is 11.0 Å². The summed E-state index contributed by atoms with van der Waals surface area (Å²) in [5, 5.41) is 0.877. The van der Waals surface area contributed by atoms with E-state index in [4.69, 9.17) is 10.2 Å². The van der Waals surface area contributed by atoms with Crippen LogP contribution < -0.4 is 5.73 Å². The van der Waals surface area contributed by atoms with Crippen LogP contribution in [0, 0.1) is 10.8 Å². The summed E-state index contributed by atoms with van der Waals surface area (Å²) < 4.78 is 5.53. The van der Waals surface area contributed by atoms with E-state index in [1.54, 1.807) is 19.1 Å². The zero-order valence-corrected chi connectivity index (χ0v) is 15.8. The maximum absolute atomic E-state index is 12.0. The summed E-state index contributed by atoms with van der Waals surface area (Å²) in [5.74, 6) is 0.661. The average Bonchev–Trinajstić information content (AvgIpc) is 2.82. The van der Waals surface area contributed by atoms with Crippen LogP contribution >= 0.6 is 0 Å². The van der Waals surface area contributed by atoms with E-state index in [2.05, 4.69) is 0 Å².